The van der Waals surface area contributed by atoms with Crippen LogP contribution in [0.3, 0.4) is 0 Å². The number of anilines is 1. The molecule has 26 heavy (non-hydrogen) atoms. The van der Waals surface area contributed by atoms with Crippen LogP contribution in [0.5, 0.6) is 0 Å². The van der Waals surface area contributed by atoms with Gasteiger partial charge in [0.1, 0.15) is 15.6 Å². The number of hydrogen-bond donors (Lipinski definition) is 2. The zero-order valence-corrected chi connectivity index (χ0v) is 16.3. The van der Waals surface area contributed by atoms with E-state index in [1.54, 1.807) is 13.8 Å². The predicted molar refractivity (Wildman–Crippen MR) is 98.8 cm³/mol. The van der Waals surface area contributed by atoms with E-state index in [0.717, 1.165) is 29.6 Å². The molecule has 2 heterocycles. The zero-order chi connectivity index (χ0) is 19.1. The van der Waals surface area contributed by atoms with Crippen molar-refractivity contribution in [2.24, 2.45) is 0 Å². The van der Waals surface area contributed by atoms with Crippen molar-refractivity contribution >= 4 is 40.1 Å². The molecule has 1 amide bonds. The summed E-state index contributed by atoms with van der Waals surface area (Å²) >= 11 is 2.31. The number of aryl methyl sites for hydroxylation is 2. The van der Waals surface area contributed by atoms with Crippen molar-refractivity contribution in [3.8, 4) is 0 Å². The molecule has 0 unspecified atom stereocenters. The van der Waals surface area contributed by atoms with Gasteiger partial charge in [-0.2, -0.15) is 4.98 Å². The Hall–Kier alpha value is -2.27. The number of amides is 1. The normalized spacial score (nSPS) is 10.6. The van der Waals surface area contributed by atoms with Gasteiger partial charge in [-0.1, -0.05) is 30.0 Å². The van der Waals surface area contributed by atoms with Crippen molar-refractivity contribution < 1.29 is 14.3 Å². The Balaban J connectivity index is 2.06. The number of hydrogen-bond acceptors (Lipinski definition) is 9. The number of rotatable bonds is 8. The number of carbonyl (C=O) groups excluding carboxylic acids is 2. The second kappa shape index (κ2) is 9.43. The van der Waals surface area contributed by atoms with Crippen molar-refractivity contribution in [2.45, 2.75) is 38.6 Å². The summed E-state index contributed by atoms with van der Waals surface area (Å²) in [4.78, 5) is 42.0. The predicted octanol–water partition coefficient (Wildman–Crippen LogP) is 1.79. The Morgan fingerprint density at radius 2 is 2.08 bits per heavy atom. The highest BCUT2D eigenvalue weighted by atomic mass is 32.2. The second-order valence-corrected chi connectivity index (χ2v) is 7.18. The van der Waals surface area contributed by atoms with Crippen LogP contribution in [0.1, 0.15) is 41.3 Å². The van der Waals surface area contributed by atoms with Gasteiger partial charge in [-0.25, -0.2) is 9.59 Å². The summed E-state index contributed by atoms with van der Waals surface area (Å²) < 4.78 is 4.99. The number of aromatic nitrogens is 4. The van der Waals surface area contributed by atoms with Crippen LogP contribution in [0.15, 0.2) is 9.82 Å². The van der Waals surface area contributed by atoms with E-state index in [4.69, 9.17) is 4.74 Å². The van der Waals surface area contributed by atoms with Crippen LogP contribution in [0.4, 0.5) is 5.13 Å². The molecule has 2 aromatic rings. The highest BCUT2D eigenvalue weighted by Gasteiger charge is 2.20. The molecule has 0 radical (unpaired) electrons. The molecule has 0 atom stereocenters. The second-order valence-electron chi connectivity index (χ2n) is 5.16. The summed E-state index contributed by atoms with van der Waals surface area (Å²) in [5.74, 6) is -0.959. The fraction of sp³-hybridized carbons (Fsp3) is 0.467. The van der Waals surface area contributed by atoms with Crippen LogP contribution in [-0.4, -0.2) is 44.4 Å². The van der Waals surface area contributed by atoms with Gasteiger partial charge in [0.15, 0.2) is 0 Å². The third kappa shape index (κ3) is 5.36. The van der Waals surface area contributed by atoms with Crippen LogP contribution >= 0.6 is 23.1 Å². The van der Waals surface area contributed by atoms with E-state index in [2.05, 4.69) is 25.5 Å². The molecular weight excluding hydrogens is 378 g/mol. The van der Waals surface area contributed by atoms with Gasteiger partial charge in [-0.15, -0.1) is 10.2 Å². The third-order valence-electron chi connectivity index (χ3n) is 3.08. The molecule has 0 bridgehead atoms. The Labute approximate surface area is 158 Å². The molecule has 2 aromatic heterocycles. The first-order chi connectivity index (χ1) is 12.4. The number of nitrogens with one attached hydrogen (secondary N) is 2. The Kier molecular flexibility index (Phi) is 7.27. The summed E-state index contributed by atoms with van der Waals surface area (Å²) in [5.41, 5.74) is -0.0862. The summed E-state index contributed by atoms with van der Waals surface area (Å²) in [6.07, 6.45) is 1.75. The van der Waals surface area contributed by atoms with Gasteiger partial charge < -0.3 is 9.72 Å². The number of carbonyl (C=O) groups is 2. The Morgan fingerprint density at radius 1 is 1.31 bits per heavy atom. The number of nitrogens with zero attached hydrogens (tertiary/aromatic N) is 3. The first-order valence-corrected chi connectivity index (χ1v) is 9.77. The first-order valence-electron chi connectivity index (χ1n) is 7.97. The van der Waals surface area contributed by atoms with E-state index in [9.17, 15) is 14.4 Å². The van der Waals surface area contributed by atoms with Gasteiger partial charge in [0.05, 0.1) is 12.4 Å². The number of aromatic amines is 1. The van der Waals surface area contributed by atoms with Crippen molar-refractivity contribution in [2.75, 3.05) is 17.7 Å². The highest BCUT2D eigenvalue weighted by Crippen LogP contribution is 2.23. The number of esters is 1. The maximum Gasteiger partial charge on any atom is 0.346 e. The van der Waals surface area contributed by atoms with Gasteiger partial charge in [0, 0.05) is 12.1 Å². The smallest absolute Gasteiger partial charge is 0.346 e. The topological polar surface area (TPSA) is 127 Å². The van der Waals surface area contributed by atoms with Crippen molar-refractivity contribution in [3.05, 3.63) is 26.7 Å². The fourth-order valence-corrected chi connectivity index (χ4v) is 3.74. The SMILES string of the molecule is CCCc1nnc(NC(=O)CSc2nc(=O)[nH]c(C)c2C(=O)OCC)s1. The van der Waals surface area contributed by atoms with Crippen LogP contribution in [0.25, 0.3) is 0 Å². The van der Waals surface area contributed by atoms with E-state index in [1.165, 1.54) is 11.3 Å². The Morgan fingerprint density at radius 3 is 2.77 bits per heavy atom. The summed E-state index contributed by atoms with van der Waals surface area (Å²) in [6.45, 7) is 5.49. The van der Waals surface area contributed by atoms with Crippen LogP contribution in [0, 0.1) is 6.92 Å². The molecule has 0 spiro atoms. The van der Waals surface area contributed by atoms with Gasteiger partial charge in [-0.05, 0) is 20.3 Å². The molecule has 2 N–H and O–H groups in total. The number of thioether (sulfide) groups is 1. The lowest BCUT2D eigenvalue weighted by Crippen LogP contribution is -2.21. The lowest BCUT2D eigenvalue weighted by molar-refractivity contribution is -0.113. The third-order valence-corrected chi connectivity index (χ3v) is 4.96. The van der Waals surface area contributed by atoms with E-state index in [1.807, 2.05) is 6.92 Å². The molecule has 0 fully saturated rings. The molecule has 0 aromatic carbocycles. The molecule has 140 valence electrons. The van der Waals surface area contributed by atoms with Gasteiger partial charge in [0.2, 0.25) is 11.0 Å². The van der Waals surface area contributed by atoms with Crippen molar-refractivity contribution in [3.63, 3.8) is 0 Å². The molecule has 2 rings (SSSR count). The largest absolute Gasteiger partial charge is 0.462 e. The average Bonchev–Trinajstić information content (AvgIpc) is 3.00. The maximum absolute atomic E-state index is 12.1. The highest BCUT2D eigenvalue weighted by molar-refractivity contribution is 8.00. The van der Waals surface area contributed by atoms with E-state index in [0.29, 0.717) is 10.8 Å². The number of ether oxygens (including phenoxy) is 1. The van der Waals surface area contributed by atoms with Gasteiger partial charge in [-0.3, -0.25) is 10.1 Å². The monoisotopic (exact) mass is 397 g/mol. The van der Waals surface area contributed by atoms with E-state index >= 15 is 0 Å². The molecule has 0 aliphatic carbocycles. The maximum atomic E-state index is 12.1. The zero-order valence-electron chi connectivity index (χ0n) is 14.6. The molecule has 0 aliphatic rings. The van der Waals surface area contributed by atoms with E-state index < -0.39 is 11.7 Å². The Bertz CT molecular complexity index is 849. The van der Waals surface area contributed by atoms with Crippen LogP contribution in [-0.2, 0) is 16.0 Å². The first kappa shape index (κ1) is 20.0. The molecule has 0 saturated heterocycles. The number of H-pyrrole nitrogens is 1. The van der Waals surface area contributed by atoms with Crippen molar-refractivity contribution in [1.29, 1.82) is 0 Å². The van der Waals surface area contributed by atoms with Gasteiger partial charge in [0.25, 0.3) is 0 Å². The lowest BCUT2D eigenvalue weighted by atomic mass is 10.2. The summed E-state index contributed by atoms with van der Waals surface area (Å²) in [5, 5.41) is 12.0. The molecular formula is C15H19N5O4S2. The lowest BCUT2D eigenvalue weighted by Gasteiger charge is -2.09. The van der Waals surface area contributed by atoms with Gasteiger partial charge >= 0.3 is 11.7 Å². The molecule has 0 saturated carbocycles. The minimum atomic E-state index is -0.593. The molecule has 9 nitrogen and oxygen atoms in total. The molecule has 0 aliphatic heterocycles. The van der Waals surface area contributed by atoms with E-state index in [-0.39, 0.29) is 28.9 Å². The van der Waals surface area contributed by atoms with Crippen molar-refractivity contribution in [1.82, 2.24) is 20.2 Å². The minimum absolute atomic E-state index is 0.0367. The van der Waals surface area contributed by atoms with Crippen LogP contribution in [0.2, 0.25) is 0 Å². The summed E-state index contributed by atoms with van der Waals surface area (Å²) in [7, 11) is 0. The fourth-order valence-electron chi connectivity index (χ4n) is 2.02. The molecule has 11 heteroatoms. The average molecular weight is 397 g/mol. The minimum Gasteiger partial charge on any atom is -0.462 e. The van der Waals surface area contributed by atoms with Crippen LogP contribution < -0.4 is 11.0 Å². The summed E-state index contributed by atoms with van der Waals surface area (Å²) in [6, 6.07) is 0. The standard InChI is InChI=1S/C15H19N5O4S2/c1-4-6-10-19-20-15(26-10)17-9(21)7-25-12-11(13(22)24-5-2)8(3)16-14(23)18-12/h4-7H2,1-3H3,(H,16,18,23)(H,17,20,21). The quantitative estimate of drug-likeness (QED) is 0.392.